The van der Waals surface area contributed by atoms with Gasteiger partial charge in [-0.15, -0.1) is 0 Å². The van der Waals surface area contributed by atoms with Crippen molar-refractivity contribution < 1.29 is 9.22 Å². The Kier molecular flexibility index (Phi) is 3.71. The van der Waals surface area contributed by atoms with E-state index >= 15 is 0 Å². The Morgan fingerprint density at radius 1 is 1.17 bits per heavy atom. The lowest BCUT2D eigenvalue weighted by Crippen LogP contribution is -2.55. The Bertz CT molecular complexity index is 170. The van der Waals surface area contributed by atoms with Crippen molar-refractivity contribution in [1.82, 2.24) is 0 Å². The number of rotatable bonds is 3. The molecule has 0 bridgehead atoms. The Morgan fingerprint density at radius 3 is 1.83 bits per heavy atom. The number of carbonyl (C=O) groups is 1. The summed E-state index contributed by atoms with van der Waals surface area (Å²) in [7, 11) is -2.97. The Morgan fingerprint density at radius 2 is 1.58 bits per heavy atom. The molecule has 0 amide bonds. The zero-order valence-corrected chi connectivity index (χ0v) is 11.0. The van der Waals surface area contributed by atoms with Crippen LogP contribution in [0.5, 0.6) is 0 Å². The minimum absolute atomic E-state index is 0.0332. The van der Waals surface area contributed by atoms with Crippen LogP contribution in [0.3, 0.4) is 0 Å². The van der Waals surface area contributed by atoms with E-state index in [-0.39, 0.29) is 5.97 Å². The summed E-state index contributed by atoms with van der Waals surface area (Å²) in [5.41, 5.74) is 0. The van der Waals surface area contributed by atoms with E-state index in [2.05, 4.69) is 32.7 Å². The summed E-state index contributed by atoms with van der Waals surface area (Å²) in [6.07, 6.45) is 0.501. The number of carbonyl (C=O) groups excluding carboxylic acids is 1. The van der Waals surface area contributed by atoms with Crippen LogP contribution in [-0.2, 0) is 9.22 Å². The molecule has 12 heavy (non-hydrogen) atoms. The van der Waals surface area contributed by atoms with E-state index in [0.29, 0.717) is 6.42 Å². The average Bonchev–Trinajstić information content (AvgIpc) is 1.84. The Hall–Kier alpha value is -0.0962. The van der Waals surface area contributed by atoms with E-state index in [1.54, 1.807) is 0 Å². The second-order valence-corrected chi connectivity index (χ2v) is 20.4. The zero-order chi connectivity index (χ0) is 9.99. The normalized spacial score (nSPS) is 12.8. The molecule has 0 atom stereocenters. The fourth-order valence-electron chi connectivity index (χ4n) is 0.510. The topological polar surface area (TPSA) is 26.3 Å². The van der Waals surface area contributed by atoms with Crippen molar-refractivity contribution >= 4 is 21.4 Å². The molecule has 0 saturated heterocycles. The maximum Gasteiger partial charge on any atom is 0.292 e. The summed E-state index contributed by atoms with van der Waals surface area (Å²) >= 11 is 0. The van der Waals surface area contributed by atoms with Crippen molar-refractivity contribution in [2.45, 2.75) is 46.1 Å². The van der Waals surface area contributed by atoms with Crippen molar-refractivity contribution in [3.05, 3.63) is 0 Å². The molecule has 0 aromatic carbocycles. The molecule has 0 spiro atoms. The van der Waals surface area contributed by atoms with Gasteiger partial charge in [0, 0.05) is 6.42 Å². The zero-order valence-electron chi connectivity index (χ0n) is 9.02. The molecule has 0 aliphatic carbocycles. The first kappa shape index (κ1) is 11.9. The first-order valence-corrected chi connectivity index (χ1v) is 11.8. The van der Waals surface area contributed by atoms with Crippen LogP contribution in [0, 0.1) is 0 Å². The van der Waals surface area contributed by atoms with Crippen LogP contribution >= 0.6 is 0 Å². The van der Waals surface area contributed by atoms with E-state index in [9.17, 15) is 4.79 Å². The van der Waals surface area contributed by atoms with Gasteiger partial charge in [-0.2, -0.15) is 0 Å². The van der Waals surface area contributed by atoms with Crippen LogP contribution in [0.4, 0.5) is 0 Å². The summed E-state index contributed by atoms with van der Waals surface area (Å²) in [4.78, 5) is 11.1. The lowest BCUT2D eigenvalue weighted by Gasteiger charge is -2.33. The van der Waals surface area contributed by atoms with Crippen LogP contribution in [-0.4, -0.2) is 21.4 Å². The second-order valence-electron chi connectivity index (χ2n) is 4.59. The highest BCUT2D eigenvalue weighted by molar-refractivity contribution is 7.38. The predicted octanol–water partition coefficient (Wildman–Crippen LogP) is 2.56. The van der Waals surface area contributed by atoms with Gasteiger partial charge in [-0.25, -0.2) is 0 Å². The van der Waals surface area contributed by atoms with Crippen LogP contribution in [0.1, 0.15) is 13.3 Å². The summed E-state index contributed by atoms with van der Waals surface area (Å²) < 4.78 is 5.51. The standard InChI is InChI=1S/C8H20O2Si2/c1-7-8(9)10-12(5,6)11(2,3)4/h7H2,1-6H3. The molecule has 0 aromatic rings. The number of hydrogen-bond donors (Lipinski definition) is 0. The van der Waals surface area contributed by atoms with Crippen molar-refractivity contribution in [2.24, 2.45) is 0 Å². The monoisotopic (exact) mass is 204 g/mol. The predicted molar refractivity (Wildman–Crippen MR) is 57.2 cm³/mol. The maximum absolute atomic E-state index is 11.1. The molecular formula is C8H20O2Si2. The molecule has 72 valence electrons. The van der Waals surface area contributed by atoms with Crippen molar-refractivity contribution in [1.29, 1.82) is 0 Å². The summed E-state index contributed by atoms with van der Waals surface area (Å²) in [6, 6.07) is 0. The van der Waals surface area contributed by atoms with Crippen molar-refractivity contribution in [2.75, 3.05) is 0 Å². The van der Waals surface area contributed by atoms with E-state index in [0.717, 1.165) is 0 Å². The van der Waals surface area contributed by atoms with E-state index in [1.807, 2.05) is 6.92 Å². The Balaban J connectivity index is 4.33. The highest BCUT2D eigenvalue weighted by Gasteiger charge is 2.41. The number of hydrogen-bond acceptors (Lipinski definition) is 2. The molecule has 0 heterocycles. The molecule has 0 radical (unpaired) electrons. The third-order valence-corrected chi connectivity index (χ3v) is 18.0. The first-order valence-electron chi connectivity index (χ1n) is 4.42. The van der Waals surface area contributed by atoms with Gasteiger partial charge in [-0.1, -0.05) is 26.6 Å². The SMILES string of the molecule is CCC(=O)O[Si](C)(C)[Si](C)(C)C. The van der Waals surface area contributed by atoms with Crippen molar-refractivity contribution in [3.8, 4) is 0 Å². The molecule has 4 heteroatoms. The van der Waals surface area contributed by atoms with Gasteiger partial charge in [0.05, 0.1) is 7.59 Å². The minimum atomic E-state index is -1.70. The molecule has 0 aromatic heterocycles. The van der Waals surface area contributed by atoms with Crippen LogP contribution in [0.2, 0.25) is 32.7 Å². The quantitative estimate of drug-likeness (QED) is 0.661. The third-order valence-electron chi connectivity index (χ3n) is 2.46. The van der Waals surface area contributed by atoms with Crippen molar-refractivity contribution in [3.63, 3.8) is 0 Å². The van der Waals surface area contributed by atoms with Gasteiger partial charge in [0.1, 0.15) is 0 Å². The van der Waals surface area contributed by atoms with E-state index in [4.69, 9.17) is 4.43 Å². The van der Waals surface area contributed by atoms with E-state index in [1.165, 1.54) is 0 Å². The lowest BCUT2D eigenvalue weighted by molar-refractivity contribution is -0.134. The van der Waals surface area contributed by atoms with E-state index < -0.39 is 15.4 Å². The molecule has 0 aliphatic rings. The fourth-order valence-corrected chi connectivity index (χ4v) is 2.79. The largest absolute Gasteiger partial charge is 0.522 e. The van der Waals surface area contributed by atoms with Crippen LogP contribution in [0.15, 0.2) is 0 Å². The van der Waals surface area contributed by atoms with Gasteiger partial charge in [0.2, 0.25) is 7.83 Å². The fraction of sp³-hybridized carbons (Fsp3) is 0.875. The second kappa shape index (κ2) is 3.74. The van der Waals surface area contributed by atoms with Gasteiger partial charge in [0.15, 0.2) is 0 Å². The van der Waals surface area contributed by atoms with Gasteiger partial charge < -0.3 is 4.43 Å². The van der Waals surface area contributed by atoms with Gasteiger partial charge in [-0.3, -0.25) is 4.79 Å². The smallest absolute Gasteiger partial charge is 0.292 e. The molecule has 0 rings (SSSR count). The summed E-state index contributed by atoms with van der Waals surface area (Å²) in [6.45, 7) is 12.9. The molecule has 2 nitrogen and oxygen atoms in total. The lowest BCUT2D eigenvalue weighted by atomic mass is 10.5. The third kappa shape index (κ3) is 3.10. The maximum atomic E-state index is 11.1. The summed E-state index contributed by atoms with van der Waals surface area (Å²) in [5.74, 6) is -0.0332. The molecule has 0 N–H and O–H groups in total. The average molecular weight is 204 g/mol. The highest BCUT2D eigenvalue weighted by atomic mass is 29.3. The minimum Gasteiger partial charge on any atom is -0.522 e. The molecular weight excluding hydrogens is 184 g/mol. The summed E-state index contributed by atoms with van der Waals surface area (Å²) in [5, 5.41) is 0. The van der Waals surface area contributed by atoms with Crippen LogP contribution < -0.4 is 0 Å². The van der Waals surface area contributed by atoms with Gasteiger partial charge >= 0.3 is 0 Å². The van der Waals surface area contributed by atoms with Crippen LogP contribution in [0.25, 0.3) is 0 Å². The molecule has 0 unspecified atom stereocenters. The Labute approximate surface area is 77.2 Å². The van der Waals surface area contributed by atoms with Gasteiger partial charge in [-0.05, 0) is 13.1 Å². The van der Waals surface area contributed by atoms with Gasteiger partial charge in [0.25, 0.3) is 5.97 Å². The molecule has 0 aliphatic heterocycles. The molecule has 0 saturated carbocycles. The first-order chi connectivity index (χ1) is 5.20. The highest BCUT2D eigenvalue weighted by Crippen LogP contribution is 2.20. The molecule has 0 fully saturated rings.